The Morgan fingerprint density at radius 1 is 1.29 bits per heavy atom. The van der Waals surface area contributed by atoms with Gasteiger partial charge in [0.15, 0.2) is 0 Å². The Morgan fingerprint density at radius 3 is 3.00 bits per heavy atom. The van der Waals surface area contributed by atoms with E-state index in [1.807, 2.05) is 12.3 Å². The molecule has 3 rings (SSSR count). The second kappa shape index (κ2) is 2.87. The van der Waals surface area contributed by atoms with Crippen molar-refractivity contribution in [2.75, 3.05) is 18.1 Å². The van der Waals surface area contributed by atoms with E-state index in [-0.39, 0.29) is 0 Å². The lowest BCUT2D eigenvalue weighted by molar-refractivity contribution is 0.938. The fourth-order valence-corrected chi connectivity index (χ4v) is 1.77. The third-order valence-electron chi connectivity index (χ3n) is 2.54. The van der Waals surface area contributed by atoms with Crippen molar-refractivity contribution >= 4 is 22.9 Å². The number of para-hydroxylation sites is 1. The number of hydrogen-bond acceptors (Lipinski definition) is 2. The van der Waals surface area contributed by atoms with Crippen LogP contribution in [0.3, 0.4) is 0 Å². The van der Waals surface area contributed by atoms with Crippen LogP contribution in [-0.2, 0) is 0 Å². The van der Waals surface area contributed by atoms with Crippen molar-refractivity contribution in [3.05, 3.63) is 30.3 Å². The standard InChI is InChI=1S/C11H11N3/c1-2-4-10-9(3-1)7-11(13-10)14-6-5-12-8-14/h1-5,7,13H,6,8H2. The zero-order chi connectivity index (χ0) is 9.38. The Labute approximate surface area is 82.1 Å². The highest BCUT2D eigenvalue weighted by atomic mass is 15.3. The number of rotatable bonds is 1. The molecule has 0 unspecified atom stereocenters. The maximum absolute atomic E-state index is 4.19. The van der Waals surface area contributed by atoms with Crippen LogP contribution < -0.4 is 4.90 Å². The number of nitrogens with zero attached hydrogens (tertiary/aromatic N) is 2. The molecule has 0 bridgehead atoms. The highest BCUT2D eigenvalue weighted by Gasteiger charge is 2.10. The van der Waals surface area contributed by atoms with Crippen molar-refractivity contribution in [2.45, 2.75) is 0 Å². The number of hydrogen-bond donors (Lipinski definition) is 1. The maximum atomic E-state index is 4.19. The molecule has 0 saturated carbocycles. The number of anilines is 1. The summed E-state index contributed by atoms with van der Waals surface area (Å²) in [4.78, 5) is 9.78. The molecular weight excluding hydrogens is 174 g/mol. The number of aliphatic imine (C=N–C) groups is 1. The van der Waals surface area contributed by atoms with Gasteiger partial charge < -0.3 is 9.88 Å². The number of fused-ring (bicyclic) bond motifs is 1. The van der Waals surface area contributed by atoms with Crippen LogP contribution in [-0.4, -0.2) is 24.4 Å². The first-order valence-corrected chi connectivity index (χ1v) is 4.74. The lowest BCUT2D eigenvalue weighted by Gasteiger charge is -2.12. The first-order chi connectivity index (χ1) is 6.93. The summed E-state index contributed by atoms with van der Waals surface area (Å²) >= 11 is 0. The number of H-pyrrole nitrogens is 1. The summed E-state index contributed by atoms with van der Waals surface area (Å²) in [5.41, 5.74) is 1.19. The molecule has 70 valence electrons. The zero-order valence-corrected chi connectivity index (χ0v) is 7.77. The topological polar surface area (TPSA) is 31.4 Å². The summed E-state index contributed by atoms with van der Waals surface area (Å²) in [6, 6.07) is 10.5. The molecule has 0 spiro atoms. The highest BCUT2D eigenvalue weighted by Crippen LogP contribution is 2.21. The van der Waals surface area contributed by atoms with E-state index in [1.165, 1.54) is 10.9 Å². The van der Waals surface area contributed by atoms with Crippen molar-refractivity contribution in [3.63, 3.8) is 0 Å². The maximum Gasteiger partial charge on any atom is 0.111 e. The molecule has 0 atom stereocenters. The fourth-order valence-electron chi connectivity index (χ4n) is 1.77. The lowest BCUT2D eigenvalue weighted by Crippen LogP contribution is -2.19. The Kier molecular flexibility index (Phi) is 1.56. The van der Waals surface area contributed by atoms with Gasteiger partial charge in [0.2, 0.25) is 0 Å². The molecular formula is C11H11N3. The molecule has 2 heterocycles. The molecule has 3 nitrogen and oxygen atoms in total. The minimum Gasteiger partial charge on any atom is -0.341 e. The third-order valence-corrected chi connectivity index (χ3v) is 2.54. The van der Waals surface area contributed by atoms with Crippen LogP contribution in [0.2, 0.25) is 0 Å². The Morgan fingerprint density at radius 2 is 2.21 bits per heavy atom. The van der Waals surface area contributed by atoms with Crippen LogP contribution in [0.15, 0.2) is 35.3 Å². The minimum atomic E-state index is 0.771. The van der Waals surface area contributed by atoms with Crippen molar-refractivity contribution < 1.29 is 0 Å². The van der Waals surface area contributed by atoms with Crippen molar-refractivity contribution in [1.82, 2.24) is 4.98 Å². The van der Waals surface area contributed by atoms with Crippen LogP contribution in [0, 0.1) is 0 Å². The van der Waals surface area contributed by atoms with Gasteiger partial charge in [-0.25, -0.2) is 0 Å². The second-order valence-electron chi connectivity index (χ2n) is 3.47. The van der Waals surface area contributed by atoms with E-state index in [4.69, 9.17) is 0 Å². The van der Waals surface area contributed by atoms with E-state index in [2.05, 4.69) is 39.1 Å². The number of aromatic amines is 1. The second-order valence-corrected chi connectivity index (χ2v) is 3.47. The molecule has 0 fully saturated rings. The summed E-state index contributed by atoms with van der Waals surface area (Å²) in [6.07, 6.45) is 1.95. The molecule has 0 amide bonds. The van der Waals surface area contributed by atoms with E-state index in [9.17, 15) is 0 Å². The van der Waals surface area contributed by atoms with E-state index in [0.717, 1.165) is 19.0 Å². The zero-order valence-electron chi connectivity index (χ0n) is 7.77. The molecule has 0 aliphatic carbocycles. The van der Waals surface area contributed by atoms with Gasteiger partial charge in [0, 0.05) is 17.1 Å². The van der Waals surface area contributed by atoms with Crippen molar-refractivity contribution in [2.24, 2.45) is 4.99 Å². The van der Waals surface area contributed by atoms with Gasteiger partial charge in [-0.1, -0.05) is 18.2 Å². The average molecular weight is 185 g/mol. The molecule has 3 heteroatoms. The Bertz CT molecular complexity index is 443. The molecule has 0 saturated heterocycles. The van der Waals surface area contributed by atoms with Crippen molar-refractivity contribution in [1.29, 1.82) is 0 Å². The van der Waals surface area contributed by atoms with Crippen LogP contribution in [0.1, 0.15) is 0 Å². The van der Waals surface area contributed by atoms with Crippen LogP contribution in [0.5, 0.6) is 0 Å². The van der Waals surface area contributed by atoms with E-state index >= 15 is 0 Å². The Balaban J connectivity index is 2.05. The van der Waals surface area contributed by atoms with Gasteiger partial charge in [-0.2, -0.15) is 0 Å². The molecule has 1 aromatic heterocycles. The summed E-state index contributed by atoms with van der Waals surface area (Å²) in [5.74, 6) is 1.16. The number of aromatic nitrogens is 1. The van der Waals surface area contributed by atoms with E-state index in [1.54, 1.807) is 0 Å². The Hall–Kier alpha value is -1.77. The highest BCUT2D eigenvalue weighted by molar-refractivity contribution is 5.85. The van der Waals surface area contributed by atoms with Crippen molar-refractivity contribution in [3.8, 4) is 0 Å². The quantitative estimate of drug-likeness (QED) is 0.724. The summed E-state index contributed by atoms with van der Waals surface area (Å²) in [5, 5.41) is 1.26. The van der Waals surface area contributed by atoms with E-state index in [0.29, 0.717) is 0 Å². The largest absolute Gasteiger partial charge is 0.341 e. The summed E-state index contributed by atoms with van der Waals surface area (Å²) in [7, 11) is 0. The summed E-state index contributed by atoms with van der Waals surface area (Å²) < 4.78 is 0. The molecule has 1 N–H and O–H groups in total. The predicted molar refractivity (Wildman–Crippen MR) is 59.0 cm³/mol. The molecule has 1 aromatic carbocycles. The van der Waals surface area contributed by atoms with Crippen LogP contribution >= 0.6 is 0 Å². The predicted octanol–water partition coefficient (Wildman–Crippen LogP) is 2.02. The normalized spacial score (nSPS) is 15.6. The first-order valence-electron chi connectivity index (χ1n) is 4.74. The van der Waals surface area contributed by atoms with Crippen LogP contribution in [0.4, 0.5) is 5.82 Å². The monoisotopic (exact) mass is 185 g/mol. The van der Waals surface area contributed by atoms with Crippen LogP contribution in [0.25, 0.3) is 10.9 Å². The minimum absolute atomic E-state index is 0.771. The van der Waals surface area contributed by atoms with Gasteiger partial charge in [0.25, 0.3) is 0 Å². The van der Waals surface area contributed by atoms with E-state index < -0.39 is 0 Å². The molecule has 1 aliphatic heterocycles. The molecule has 0 radical (unpaired) electrons. The molecule has 1 aliphatic rings. The van der Waals surface area contributed by atoms with Gasteiger partial charge in [-0.3, -0.25) is 4.99 Å². The SMILES string of the molecule is C1=NCN(c2cc3ccccc3[nH]2)C1. The van der Waals surface area contributed by atoms with Gasteiger partial charge in [0.1, 0.15) is 12.5 Å². The van der Waals surface area contributed by atoms with Gasteiger partial charge in [0.05, 0.1) is 6.54 Å². The third kappa shape index (κ3) is 1.09. The smallest absolute Gasteiger partial charge is 0.111 e. The average Bonchev–Trinajstić information content (AvgIpc) is 2.86. The fraction of sp³-hybridized carbons (Fsp3) is 0.182. The van der Waals surface area contributed by atoms with Gasteiger partial charge in [-0.05, 0) is 12.1 Å². The number of benzene rings is 1. The first kappa shape index (κ1) is 7.62. The van der Waals surface area contributed by atoms with Gasteiger partial charge >= 0.3 is 0 Å². The molecule has 2 aromatic rings. The summed E-state index contributed by atoms with van der Waals surface area (Å²) in [6.45, 7) is 1.68. The van der Waals surface area contributed by atoms with Gasteiger partial charge in [-0.15, -0.1) is 0 Å². The molecule has 14 heavy (non-hydrogen) atoms. The lowest BCUT2D eigenvalue weighted by atomic mass is 10.2. The number of nitrogens with one attached hydrogen (secondary N) is 1.